The lowest BCUT2D eigenvalue weighted by Crippen LogP contribution is -2.16. The molecule has 7 heteroatoms. The standard InChI is InChI=1S/C19H19N3O3S/c1-15-7-9-17(10-8-15)26(23,24)22-18-19(21-13-12-20-18)25-14-11-16-5-3-2-4-6-16/h2-10,12-13H,11,14H2,1H3,(H,20,22). The van der Waals surface area contributed by atoms with Crippen molar-refractivity contribution in [3.05, 3.63) is 78.1 Å². The monoisotopic (exact) mass is 369 g/mol. The molecule has 134 valence electrons. The van der Waals surface area contributed by atoms with Crippen molar-refractivity contribution in [3.63, 3.8) is 0 Å². The molecule has 0 aliphatic carbocycles. The minimum absolute atomic E-state index is 0.0705. The van der Waals surface area contributed by atoms with Crippen LogP contribution in [0, 0.1) is 6.92 Å². The Hall–Kier alpha value is -2.93. The summed E-state index contributed by atoms with van der Waals surface area (Å²) in [5.41, 5.74) is 2.10. The first-order valence-electron chi connectivity index (χ1n) is 8.12. The van der Waals surface area contributed by atoms with Crippen LogP contribution in [0.5, 0.6) is 5.88 Å². The van der Waals surface area contributed by atoms with Gasteiger partial charge in [0.15, 0.2) is 0 Å². The predicted octanol–water partition coefficient (Wildman–Crippen LogP) is 3.21. The van der Waals surface area contributed by atoms with Crippen molar-refractivity contribution < 1.29 is 13.2 Å². The molecule has 3 aromatic rings. The summed E-state index contributed by atoms with van der Waals surface area (Å²) in [5, 5.41) is 0. The Kier molecular flexibility index (Phi) is 5.48. The van der Waals surface area contributed by atoms with Crippen molar-refractivity contribution in [2.75, 3.05) is 11.3 Å². The van der Waals surface area contributed by atoms with Crippen LogP contribution in [-0.4, -0.2) is 25.0 Å². The molecule has 1 N–H and O–H groups in total. The van der Waals surface area contributed by atoms with Crippen LogP contribution in [-0.2, 0) is 16.4 Å². The Morgan fingerprint density at radius 2 is 1.65 bits per heavy atom. The maximum Gasteiger partial charge on any atom is 0.263 e. The second kappa shape index (κ2) is 7.97. The predicted molar refractivity (Wildman–Crippen MR) is 99.7 cm³/mol. The van der Waals surface area contributed by atoms with Crippen LogP contribution >= 0.6 is 0 Å². The highest BCUT2D eigenvalue weighted by Gasteiger charge is 2.18. The fraction of sp³-hybridized carbons (Fsp3) is 0.158. The molecule has 0 spiro atoms. The lowest BCUT2D eigenvalue weighted by Gasteiger charge is -2.11. The molecule has 6 nitrogen and oxygen atoms in total. The Morgan fingerprint density at radius 1 is 0.962 bits per heavy atom. The third-order valence-electron chi connectivity index (χ3n) is 3.70. The molecule has 0 radical (unpaired) electrons. The summed E-state index contributed by atoms with van der Waals surface area (Å²) in [6.45, 7) is 2.26. The van der Waals surface area contributed by atoms with Gasteiger partial charge in [-0.3, -0.25) is 4.72 Å². The van der Waals surface area contributed by atoms with Gasteiger partial charge in [0.05, 0.1) is 11.5 Å². The molecule has 0 unspecified atom stereocenters. The smallest absolute Gasteiger partial charge is 0.263 e. The number of sulfonamides is 1. The number of nitrogens with zero attached hydrogens (tertiary/aromatic N) is 2. The van der Waals surface area contributed by atoms with Gasteiger partial charge in [0, 0.05) is 18.8 Å². The molecule has 2 aromatic carbocycles. The number of aromatic nitrogens is 2. The molecule has 26 heavy (non-hydrogen) atoms. The summed E-state index contributed by atoms with van der Waals surface area (Å²) in [6.07, 6.45) is 3.56. The number of anilines is 1. The average Bonchev–Trinajstić information content (AvgIpc) is 2.64. The zero-order valence-corrected chi connectivity index (χ0v) is 15.1. The van der Waals surface area contributed by atoms with Gasteiger partial charge >= 0.3 is 0 Å². The van der Waals surface area contributed by atoms with E-state index in [0.29, 0.717) is 13.0 Å². The average molecular weight is 369 g/mol. The van der Waals surface area contributed by atoms with Crippen molar-refractivity contribution in [1.82, 2.24) is 9.97 Å². The van der Waals surface area contributed by atoms with Crippen LogP contribution in [0.15, 0.2) is 71.9 Å². The first-order chi connectivity index (χ1) is 12.5. The molecule has 0 aliphatic heterocycles. The summed E-state index contributed by atoms with van der Waals surface area (Å²) in [7, 11) is -3.76. The number of aryl methyl sites for hydroxylation is 1. The number of nitrogens with one attached hydrogen (secondary N) is 1. The highest BCUT2D eigenvalue weighted by Crippen LogP contribution is 2.22. The third kappa shape index (κ3) is 4.58. The molecule has 1 aromatic heterocycles. The van der Waals surface area contributed by atoms with Gasteiger partial charge in [-0.1, -0.05) is 48.0 Å². The summed E-state index contributed by atoms with van der Waals surface area (Å²) in [4.78, 5) is 8.30. The van der Waals surface area contributed by atoms with Crippen LogP contribution in [0.3, 0.4) is 0 Å². The number of ether oxygens (including phenoxy) is 1. The molecule has 1 heterocycles. The van der Waals surface area contributed by atoms with E-state index in [9.17, 15) is 8.42 Å². The third-order valence-corrected chi connectivity index (χ3v) is 5.05. The van der Waals surface area contributed by atoms with E-state index in [1.165, 1.54) is 12.4 Å². The molecule has 0 aliphatic rings. The highest BCUT2D eigenvalue weighted by atomic mass is 32.2. The second-order valence-electron chi connectivity index (χ2n) is 5.71. The molecule has 0 bridgehead atoms. The molecule has 3 rings (SSSR count). The molecule has 0 atom stereocenters. The van der Waals surface area contributed by atoms with E-state index < -0.39 is 10.0 Å². The number of rotatable bonds is 7. The van der Waals surface area contributed by atoms with E-state index >= 15 is 0 Å². The highest BCUT2D eigenvalue weighted by molar-refractivity contribution is 7.92. The number of hydrogen-bond acceptors (Lipinski definition) is 5. The van der Waals surface area contributed by atoms with Crippen LogP contribution in [0.4, 0.5) is 5.82 Å². The molecule has 0 fully saturated rings. The van der Waals surface area contributed by atoms with E-state index in [0.717, 1.165) is 11.1 Å². The van der Waals surface area contributed by atoms with E-state index in [1.807, 2.05) is 37.3 Å². The summed E-state index contributed by atoms with van der Waals surface area (Å²) < 4.78 is 33.1. The molecule has 0 saturated heterocycles. The van der Waals surface area contributed by atoms with Crippen molar-refractivity contribution >= 4 is 15.8 Å². The zero-order valence-electron chi connectivity index (χ0n) is 14.3. The fourth-order valence-corrected chi connectivity index (χ4v) is 3.32. The van der Waals surface area contributed by atoms with E-state index in [2.05, 4.69) is 14.7 Å². The fourth-order valence-electron chi connectivity index (χ4n) is 2.31. The van der Waals surface area contributed by atoms with Crippen molar-refractivity contribution in [2.24, 2.45) is 0 Å². The maximum atomic E-state index is 12.5. The quantitative estimate of drug-likeness (QED) is 0.692. The van der Waals surface area contributed by atoms with Gasteiger partial charge in [0.2, 0.25) is 5.82 Å². The molecule has 0 amide bonds. The molecular formula is C19H19N3O3S. The topological polar surface area (TPSA) is 81.2 Å². The minimum Gasteiger partial charge on any atom is -0.475 e. The van der Waals surface area contributed by atoms with Crippen molar-refractivity contribution in [1.29, 1.82) is 0 Å². The van der Waals surface area contributed by atoms with Gasteiger partial charge < -0.3 is 4.74 Å². The SMILES string of the molecule is Cc1ccc(S(=O)(=O)Nc2nccnc2OCCc2ccccc2)cc1. The van der Waals surface area contributed by atoms with Gasteiger partial charge in [-0.2, -0.15) is 0 Å². The van der Waals surface area contributed by atoms with Crippen LogP contribution < -0.4 is 9.46 Å². The largest absolute Gasteiger partial charge is 0.475 e. The Morgan fingerprint density at radius 3 is 2.38 bits per heavy atom. The number of benzene rings is 2. The Balaban J connectivity index is 1.71. The Bertz CT molecular complexity index is 959. The van der Waals surface area contributed by atoms with Gasteiger partial charge in [0.25, 0.3) is 15.9 Å². The second-order valence-corrected chi connectivity index (χ2v) is 7.40. The van der Waals surface area contributed by atoms with Crippen LogP contribution in [0.2, 0.25) is 0 Å². The Labute approximate surface area is 153 Å². The number of hydrogen-bond donors (Lipinski definition) is 1. The van der Waals surface area contributed by atoms with Crippen molar-refractivity contribution in [3.8, 4) is 5.88 Å². The lowest BCUT2D eigenvalue weighted by molar-refractivity contribution is 0.310. The zero-order chi connectivity index (χ0) is 18.4. The normalized spacial score (nSPS) is 11.1. The lowest BCUT2D eigenvalue weighted by atomic mass is 10.2. The molecule has 0 saturated carbocycles. The van der Waals surface area contributed by atoms with Gasteiger partial charge in [-0.05, 0) is 24.6 Å². The van der Waals surface area contributed by atoms with Crippen LogP contribution in [0.25, 0.3) is 0 Å². The first-order valence-corrected chi connectivity index (χ1v) is 9.60. The summed E-state index contributed by atoms with van der Waals surface area (Å²) in [5.74, 6) is 0.222. The van der Waals surface area contributed by atoms with Gasteiger partial charge in [-0.25, -0.2) is 18.4 Å². The van der Waals surface area contributed by atoms with E-state index in [1.54, 1.807) is 24.3 Å². The van der Waals surface area contributed by atoms with Crippen molar-refractivity contribution in [2.45, 2.75) is 18.2 Å². The van der Waals surface area contributed by atoms with Gasteiger partial charge in [-0.15, -0.1) is 0 Å². The van der Waals surface area contributed by atoms with Crippen LogP contribution in [0.1, 0.15) is 11.1 Å². The first kappa shape index (κ1) is 17.9. The van der Waals surface area contributed by atoms with E-state index in [-0.39, 0.29) is 16.6 Å². The maximum absolute atomic E-state index is 12.5. The van der Waals surface area contributed by atoms with E-state index in [4.69, 9.17) is 4.74 Å². The minimum atomic E-state index is -3.76. The van der Waals surface area contributed by atoms with Gasteiger partial charge in [0.1, 0.15) is 0 Å². The molecular weight excluding hydrogens is 350 g/mol. The summed E-state index contributed by atoms with van der Waals surface area (Å²) >= 11 is 0. The summed E-state index contributed by atoms with van der Waals surface area (Å²) in [6, 6.07) is 16.4.